The molecule has 2 aromatic rings. The van der Waals surface area contributed by atoms with Crippen LogP contribution in [0.2, 0.25) is 5.02 Å². The standard InChI is InChI=1S/C23H27ClN2O/c1-2-3-4-5-6-7-20-14-22(16-25-15-20)26-13-12-23(17-26)27-18-19-8-10-21(24)11-9-19/h8-11,14-16,23H,2-5,12-13,17-18H2,1H3/t23-/m0/s1. The highest BCUT2D eigenvalue weighted by molar-refractivity contribution is 6.30. The summed E-state index contributed by atoms with van der Waals surface area (Å²) in [5, 5.41) is 0.756. The molecular formula is C23H27ClN2O. The molecule has 4 heteroatoms. The van der Waals surface area contributed by atoms with Gasteiger partial charge in [0.25, 0.3) is 0 Å². The first-order valence-electron chi connectivity index (χ1n) is 9.79. The highest BCUT2D eigenvalue weighted by Crippen LogP contribution is 2.23. The molecule has 0 amide bonds. The molecule has 0 saturated carbocycles. The average molecular weight is 383 g/mol. The van der Waals surface area contributed by atoms with E-state index >= 15 is 0 Å². The van der Waals surface area contributed by atoms with Crippen molar-refractivity contribution in [2.75, 3.05) is 18.0 Å². The lowest BCUT2D eigenvalue weighted by Gasteiger charge is -2.18. The van der Waals surface area contributed by atoms with Gasteiger partial charge in [0, 0.05) is 36.3 Å². The van der Waals surface area contributed by atoms with Crippen LogP contribution in [0.1, 0.15) is 50.2 Å². The quantitative estimate of drug-likeness (QED) is 0.469. The molecule has 1 aliphatic rings. The number of nitrogens with zero attached hydrogens (tertiary/aromatic N) is 2. The summed E-state index contributed by atoms with van der Waals surface area (Å²) in [6, 6.07) is 9.98. The maximum Gasteiger partial charge on any atom is 0.0771 e. The second-order valence-electron chi connectivity index (χ2n) is 6.98. The number of benzene rings is 1. The van der Waals surface area contributed by atoms with Crippen molar-refractivity contribution in [2.24, 2.45) is 0 Å². The minimum absolute atomic E-state index is 0.240. The van der Waals surface area contributed by atoms with Gasteiger partial charge in [-0.25, -0.2) is 0 Å². The number of rotatable bonds is 7. The topological polar surface area (TPSA) is 25.4 Å². The van der Waals surface area contributed by atoms with Crippen molar-refractivity contribution >= 4 is 17.3 Å². The Labute approximate surface area is 167 Å². The third-order valence-corrected chi connectivity index (χ3v) is 5.02. The van der Waals surface area contributed by atoms with Crippen LogP contribution in [0.25, 0.3) is 0 Å². The fourth-order valence-corrected chi connectivity index (χ4v) is 3.32. The Morgan fingerprint density at radius 3 is 2.89 bits per heavy atom. The fourth-order valence-electron chi connectivity index (χ4n) is 3.19. The molecular weight excluding hydrogens is 356 g/mol. The highest BCUT2D eigenvalue weighted by Gasteiger charge is 2.23. The Hall–Kier alpha value is -2.02. The number of anilines is 1. The van der Waals surface area contributed by atoms with E-state index in [0.717, 1.165) is 47.8 Å². The van der Waals surface area contributed by atoms with E-state index in [4.69, 9.17) is 16.3 Å². The number of hydrogen-bond acceptors (Lipinski definition) is 3. The molecule has 0 N–H and O–H groups in total. The van der Waals surface area contributed by atoms with Crippen molar-refractivity contribution in [3.8, 4) is 11.8 Å². The van der Waals surface area contributed by atoms with Gasteiger partial charge in [0.05, 0.1) is 24.6 Å². The zero-order chi connectivity index (χ0) is 18.9. The first-order chi connectivity index (χ1) is 13.2. The fraction of sp³-hybridized carbons (Fsp3) is 0.435. The third-order valence-electron chi connectivity index (χ3n) is 4.77. The van der Waals surface area contributed by atoms with Gasteiger partial charge in [0.15, 0.2) is 0 Å². The summed E-state index contributed by atoms with van der Waals surface area (Å²) in [4.78, 5) is 6.71. The molecule has 3 rings (SSSR count). The van der Waals surface area contributed by atoms with E-state index in [1.54, 1.807) is 0 Å². The third kappa shape index (κ3) is 6.27. The lowest BCUT2D eigenvalue weighted by atomic mass is 10.2. The van der Waals surface area contributed by atoms with Crippen LogP contribution in [0.4, 0.5) is 5.69 Å². The van der Waals surface area contributed by atoms with Crippen molar-refractivity contribution in [3.63, 3.8) is 0 Å². The highest BCUT2D eigenvalue weighted by atomic mass is 35.5. The van der Waals surface area contributed by atoms with Crippen molar-refractivity contribution < 1.29 is 4.74 Å². The summed E-state index contributed by atoms with van der Waals surface area (Å²) >= 11 is 5.93. The predicted octanol–water partition coefficient (Wildman–Crippen LogP) is 5.46. The Bertz CT molecular complexity index is 779. The maximum atomic E-state index is 6.08. The normalized spacial score (nSPS) is 16.2. The molecule has 3 nitrogen and oxygen atoms in total. The number of ether oxygens (including phenoxy) is 1. The SMILES string of the molecule is CCCCCC#Cc1cncc(N2CC[C@H](OCc3ccc(Cl)cc3)C2)c1. The van der Waals surface area contributed by atoms with Gasteiger partial charge in [-0.2, -0.15) is 0 Å². The van der Waals surface area contributed by atoms with Crippen LogP contribution >= 0.6 is 11.6 Å². The van der Waals surface area contributed by atoms with Crippen molar-refractivity contribution in [1.29, 1.82) is 0 Å². The number of hydrogen-bond donors (Lipinski definition) is 0. The van der Waals surface area contributed by atoms with Crippen LogP contribution in [-0.4, -0.2) is 24.2 Å². The second-order valence-corrected chi connectivity index (χ2v) is 7.42. The van der Waals surface area contributed by atoms with Crippen molar-refractivity contribution in [1.82, 2.24) is 4.98 Å². The Morgan fingerprint density at radius 1 is 1.22 bits per heavy atom. The number of aromatic nitrogens is 1. The number of unbranched alkanes of at least 4 members (excludes halogenated alkanes) is 3. The molecule has 1 fully saturated rings. The lowest BCUT2D eigenvalue weighted by molar-refractivity contribution is 0.0553. The molecule has 0 unspecified atom stereocenters. The van der Waals surface area contributed by atoms with Gasteiger partial charge >= 0.3 is 0 Å². The van der Waals surface area contributed by atoms with Gasteiger partial charge in [0.1, 0.15) is 0 Å². The second kappa shape index (κ2) is 10.3. The van der Waals surface area contributed by atoms with Gasteiger partial charge < -0.3 is 9.64 Å². The summed E-state index contributed by atoms with van der Waals surface area (Å²) in [6.45, 7) is 4.71. The molecule has 1 aromatic heterocycles. The monoisotopic (exact) mass is 382 g/mol. The van der Waals surface area contributed by atoms with Crippen LogP contribution in [0.15, 0.2) is 42.7 Å². The van der Waals surface area contributed by atoms with Crippen molar-refractivity contribution in [3.05, 3.63) is 58.9 Å². The number of halogens is 1. The average Bonchev–Trinajstić information content (AvgIpc) is 3.17. The van der Waals surface area contributed by atoms with Crippen LogP contribution in [0, 0.1) is 11.8 Å². The molecule has 1 aromatic carbocycles. The van der Waals surface area contributed by atoms with Gasteiger partial charge in [-0.1, -0.05) is 55.3 Å². The zero-order valence-corrected chi connectivity index (χ0v) is 16.7. The summed E-state index contributed by atoms with van der Waals surface area (Å²) in [7, 11) is 0. The molecule has 2 heterocycles. The van der Waals surface area contributed by atoms with E-state index in [-0.39, 0.29) is 6.10 Å². The van der Waals surface area contributed by atoms with E-state index in [2.05, 4.69) is 34.7 Å². The minimum Gasteiger partial charge on any atom is -0.372 e. The predicted molar refractivity (Wildman–Crippen MR) is 112 cm³/mol. The molecule has 0 spiro atoms. The van der Waals surface area contributed by atoms with Crippen molar-refractivity contribution in [2.45, 2.75) is 51.7 Å². The van der Waals surface area contributed by atoms with E-state index in [1.807, 2.05) is 36.7 Å². The lowest BCUT2D eigenvalue weighted by Crippen LogP contribution is -2.23. The maximum absolute atomic E-state index is 6.08. The van der Waals surface area contributed by atoms with Crippen LogP contribution in [-0.2, 0) is 11.3 Å². The Balaban J connectivity index is 1.50. The van der Waals surface area contributed by atoms with E-state index in [9.17, 15) is 0 Å². The molecule has 1 atom stereocenters. The first-order valence-corrected chi connectivity index (χ1v) is 10.2. The summed E-state index contributed by atoms with van der Waals surface area (Å²) in [5.41, 5.74) is 3.28. The van der Waals surface area contributed by atoms with Gasteiger partial charge in [-0.05, 0) is 36.6 Å². The summed E-state index contributed by atoms with van der Waals surface area (Å²) in [5.74, 6) is 6.51. The van der Waals surface area contributed by atoms with Crippen LogP contribution in [0.3, 0.4) is 0 Å². The zero-order valence-electron chi connectivity index (χ0n) is 16.0. The molecule has 142 valence electrons. The first kappa shape index (κ1) is 19.7. The molecule has 0 radical (unpaired) electrons. The Kier molecular flexibility index (Phi) is 7.56. The molecule has 1 saturated heterocycles. The van der Waals surface area contributed by atoms with Gasteiger partial charge in [0.2, 0.25) is 0 Å². The minimum atomic E-state index is 0.240. The smallest absolute Gasteiger partial charge is 0.0771 e. The van der Waals surface area contributed by atoms with Gasteiger partial charge in [-0.15, -0.1) is 0 Å². The van der Waals surface area contributed by atoms with Crippen LogP contribution < -0.4 is 4.90 Å². The largest absolute Gasteiger partial charge is 0.372 e. The van der Waals surface area contributed by atoms with E-state index < -0.39 is 0 Å². The molecule has 0 aliphatic carbocycles. The van der Waals surface area contributed by atoms with E-state index in [0.29, 0.717) is 6.61 Å². The Morgan fingerprint density at radius 2 is 2.07 bits per heavy atom. The number of pyridine rings is 1. The molecule has 1 aliphatic heterocycles. The summed E-state index contributed by atoms with van der Waals surface area (Å²) in [6.07, 6.45) is 9.65. The molecule has 0 bridgehead atoms. The van der Waals surface area contributed by atoms with Crippen LogP contribution in [0.5, 0.6) is 0 Å². The summed E-state index contributed by atoms with van der Waals surface area (Å²) < 4.78 is 6.08. The molecule has 27 heavy (non-hydrogen) atoms. The van der Waals surface area contributed by atoms with E-state index in [1.165, 1.54) is 19.3 Å². The van der Waals surface area contributed by atoms with Gasteiger partial charge in [-0.3, -0.25) is 4.98 Å².